The molecule has 4 heteroatoms. The molecule has 1 atom stereocenters. The third-order valence-corrected chi connectivity index (χ3v) is 3.90. The van der Waals surface area contributed by atoms with Crippen LogP contribution < -0.4 is 11.1 Å². The number of nitrogens with one attached hydrogen (secondary N) is 1. The minimum atomic E-state index is -0.213. The Morgan fingerprint density at radius 3 is 2.62 bits per heavy atom. The Balaban J connectivity index is 2.26. The molecular weight excluding hydrogens is 267 g/mol. The van der Waals surface area contributed by atoms with E-state index in [1.165, 1.54) is 6.07 Å². The second-order valence-electron chi connectivity index (χ2n) is 5.81. The van der Waals surface area contributed by atoms with Crippen molar-refractivity contribution in [1.29, 1.82) is 0 Å². The predicted molar refractivity (Wildman–Crippen MR) is 84.3 cm³/mol. The summed E-state index contributed by atoms with van der Waals surface area (Å²) >= 11 is 0. The standard InChI is InChI=1S/C17H27FN2O/c1-13(2)14(9-11-19)7-8-17(21)20-12-10-15-5-3-4-6-16(15)18/h3-6,13-14H,7-12,19H2,1-2H3,(H,20,21). The number of amides is 1. The van der Waals surface area contributed by atoms with Crippen LogP contribution in [0.25, 0.3) is 0 Å². The zero-order valence-electron chi connectivity index (χ0n) is 13.1. The van der Waals surface area contributed by atoms with Crippen molar-refractivity contribution < 1.29 is 9.18 Å². The average Bonchev–Trinajstić information content (AvgIpc) is 2.45. The highest BCUT2D eigenvalue weighted by molar-refractivity contribution is 5.75. The molecule has 3 N–H and O–H groups in total. The van der Waals surface area contributed by atoms with Crippen LogP contribution in [0.4, 0.5) is 4.39 Å². The lowest BCUT2D eigenvalue weighted by molar-refractivity contribution is -0.121. The molecule has 0 radical (unpaired) electrons. The van der Waals surface area contributed by atoms with Crippen molar-refractivity contribution in [2.75, 3.05) is 13.1 Å². The maximum absolute atomic E-state index is 13.4. The lowest BCUT2D eigenvalue weighted by Gasteiger charge is -2.19. The van der Waals surface area contributed by atoms with E-state index in [1.807, 2.05) is 0 Å². The molecule has 0 aliphatic heterocycles. The van der Waals surface area contributed by atoms with E-state index in [0.717, 1.165) is 12.8 Å². The third kappa shape index (κ3) is 6.71. The van der Waals surface area contributed by atoms with Crippen molar-refractivity contribution >= 4 is 5.91 Å². The summed E-state index contributed by atoms with van der Waals surface area (Å²) in [5.74, 6) is 0.857. The lowest BCUT2D eigenvalue weighted by atomic mass is 9.88. The fraction of sp³-hybridized carbons (Fsp3) is 0.588. The molecule has 0 aliphatic carbocycles. The van der Waals surface area contributed by atoms with E-state index >= 15 is 0 Å². The Bertz CT molecular complexity index is 435. The summed E-state index contributed by atoms with van der Waals surface area (Å²) in [6.45, 7) is 5.47. The Kier molecular flexibility index (Phi) is 7.98. The van der Waals surface area contributed by atoms with Gasteiger partial charge in [0.15, 0.2) is 0 Å². The van der Waals surface area contributed by atoms with Gasteiger partial charge >= 0.3 is 0 Å². The van der Waals surface area contributed by atoms with E-state index < -0.39 is 0 Å². The predicted octanol–water partition coefficient (Wildman–Crippen LogP) is 2.89. The second kappa shape index (κ2) is 9.50. The van der Waals surface area contributed by atoms with Gasteiger partial charge in [0.25, 0.3) is 0 Å². The third-order valence-electron chi connectivity index (χ3n) is 3.90. The highest BCUT2D eigenvalue weighted by atomic mass is 19.1. The van der Waals surface area contributed by atoms with Crippen molar-refractivity contribution in [1.82, 2.24) is 5.32 Å². The van der Waals surface area contributed by atoms with Crippen LogP contribution in [0.2, 0.25) is 0 Å². The van der Waals surface area contributed by atoms with Gasteiger partial charge in [-0.1, -0.05) is 32.0 Å². The molecule has 0 saturated carbocycles. The van der Waals surface area contributed by atoms with Crippen molar-refractivity contribution in [3.05, 3.63) is 35.6 Å². The minimum Gasteiger partial charge on any atom is -0.356 e. The number of benzene rings is 1. The van der Waals surface area contributed by atoms with E-state index in [0.29, 0.717) is 43.3 Å². The lowest BCUT2D eigenvalue weighted by Crippen LogP contribution is -2.27. The molecule has 0 fully saturated rings. The number of carbonyl (C=O) groups excluding carboxylic acids is 1. The number of rotatable bonds is 9. The van der Waals surface area contributed by atoms with Crippen molar-refractivity contribution in [3.8, 4) is 0 Å². The second-order valence-corrected chi connectivity index (χ2v) is 5.81. The van der Waals surface area contributed by atoms with Crippen molar-refractivity contribution in [2.24, 2.45) is 17.6 Å². The van der Waals surface area contributed by atoms with Gasteiger partial charge in [0.1, 0.15) is 5.82 Å². The van der Waals surface area contributed by atoms with Crippen LogP contribution in [0.3, 0.4) is 0 Å². The monoisotopic (exact) mass is 294 g/mol. The molecule has 1 aromatic carbocycles. The normalized spacial score (nSPS) is 12.4. The largest absolute Gasteiger partial charge is 0.356 e. The first-order valence-corrected chi connectivity index (χ1v) is 7.74. The maximum Gasteiger partial charge on any atom is 0.220 e. The summed E-state index contributed by atoms with van der Waals surface area (Å²) in [6.07, 6.45) is 2.86. The van der Waals surface area contributed by atoms with Crippen LogP contribution in [0, 0.1) is 17.7 Å². The summed E-state index contributed by atoms with van der Waals surface area (Å²) in [7, 11) is 0. The van der Waals surface area contributed by atoms with E-state index in [4.69, 9.17) is 5.73 Å². The highest BCUT2D eigenvalue weighted by Crippen LogP contribution is 2.20. The van der Waals surface area contributed by atoms with Gasteiger partial charge < -0.3 is 11.1 Å². The molecule has 0 saturated heterocycles. The molecule has 0 spiro atoms. The average molecular weight is 294 g/mol. The maximum atomic E-state index is 13.4. The highest BCUT2D eigenvalue weighted by Gasteiger charge is 2.14. The Hall–Kier alpha value is -1.42. The molecule has 0 heterocycles. The van der Waals surface area contributed by atoms with Crippen LogP contribution in [0.15, 0.2) is 24.3 Å². The summed E-state index contributed by atoms with van der Waals surface area (Å²) < 4.78 is 13.4. The van der Waals surface area contributed by atoms with Gasteiger partial charge in [-0.2, -0.15) is 0 Å². The first-order chi connectivity index (χ1) is 10.0. The van der Waals surface area contributed by atoms with E-state index in [9.17, 15) is 9.18 Å². The number of nitrogens with two attached hydrogens (primary N) is 1. The zero-order valence-corrected chi connectivity index (χ0v) is 13.1. The van der Waals surface area contributed by atoms with Gasteiger partial charge in [-0.15, -0.1) is 0 Å². The smallest absolute Gasteiger partial charge is 0.220 e. The van der Waals surface area contributed by atoms with Gasteiger partial charge in [-0.25, -0.2) is 4.39 Å². The van der Waals surface area contributed by atoms with Crippen LogP contribution in [-0.2, 0) is 11.2 Å². The molecule has 0 aromatic heterocycles. The van der Waals surface area contributed by atoms with Crippen LogP contribution >= 0.6 is 0 Å². The quantitative estimate of drug-likeness (QED) is 0.736. The minimum absolute atomic E-state index is 0.0361. The van der Waals surface area contributed by atoms with Gasteiger partial charge in [-0.3, -0.25) is 4.79 Å². The van der Waals surface area contributed by atoms with E-state index in [2.05, 4.69) is 19.2 Å². The summed E-state index contributed by atoms with van der Waals surface area (Å²) in [5, 5.41) is 2.86. The summed E-state index contributed by atoms with van der Waals surface area (Å²) in [5.41, 5.74) is 6.24. The molecule has 1 amide bonds. The first kappa shape index (κ1) is 17.6. The van der Waals surface area contributed by atoms with Gasteiger partial charge in [0.2, 0.25) is 5.91 Å². The first-order valence-electron chi connectivity index (χ1n) is 7.74. The number of hydrogen-bond donors (Lipinski definition) is 2. The fourth-order valence-electron chi connectivity index (χ4n) is 2.47. The summed E-state index contributed by atoms with van der Waals surface area (Å²) in [6, 6.07) is 6.66. The number of carbonyl (C=O) groups is 1. The zero-order chi connectivity index (χ0) is 15.7. The van der Waals surface area contributed by atoms with Gasteiger partial charge in [-0.05, 0) is 49.3 Å². The molecule has 118 valence electrons. The molecule has 1 unspecified atom stereocenters. The molecule has 0 aliphatic rings. The Morgan fingerprint density at radius 2 is 2.00 bits per heavy atom. The van der Waals surface area contributed by atoms with E-state index in [-0.39, 0.29) is 11.7 Å². The van der Waals surface area contributed by atoms with Crippen molar-refractivity contribution in [3.63, 3.8) is 0 Å². The topological polar surface area (TPSA) is 55.1 Å². The van der Waals surface area contributed by atoms with E-state index in [1.54, 1.807) is 18.2 Å². The van der Waals surface area contributed by atoms with Crippen LogP contribution in [0.1, 0.15) is 38.7 Å². The van der Waals surface area contributed by atoms with Gasteiger partial charge in [0.05, 0.1) is 0 Å². The molecule has 3 nitrogen and oxygen atoms in total. The molecule has 21 heavy (non-hydrogen) atoms. The Labute approximate surface area is 127 Å². The fourth-order valence-corrected chi connectivity index (χ4v) is 2.47. The molecule has 0 bridgehead atoms. The molecule has 1 rings (SSSR count). The number of hydrogen-bond acceptors (Lipinski definition) is 2. The number of halogens is 1. The molecular formula is C17H27FN2O. The van der Waals surface area contributed by atoms with Crippen LogP contribution in [0.5, 0.6) is 0 Å². The molecule has 1 aromatic rings. The van der Waals surface area contributed by atoms with Gasteiger partial charge in [0, 0.05) is 13.0 Å². The van der Waals surface area contributed by atoms with Crippen molar-refractivity contribution in [2.45, 2.75) is 39.5 Å². The van der Waals surface area contributed by atoms with Crippen LogP contribution in [-0.4, -0.2) is 19.0 Å². The SMILES string of the molecule is CC(C)C(CCN)CCC(=O)NCCc1ccccc1F. The Morgan fingerprint density at radius 1 is 1.29 bits per heavy atom. The summed E-state index contributed by atoms with van der Waals surface area (Å²) in [4.78, 5) is 11.8.